The van der Waals surface area contributed by atoms with Gasteiger partial charge in [-0.05, 0) is 38.5 Å². The Hall–Kier alpha value is -0.250. The molecule has 0 aliphatic carbocycles. The van der Waals surface area contributed by atoms with E-state index in [1.54, 1.807) is 19.1 Å². The van der Waals surface area contributed by atoms with Gasteiger partial charge < -0.3 is 9.26 Å². The lowest BCUT2D eigenvalue weighted by atomic mass is 10.3. The average molecular weight is 341 g/mol. The smallest absolute Gasteiger partial charge is 0.407 e. The van der Waals surface area contributed by atoms with Crippen molar-refractivity contribution in [1.82, 2.24) is 0 Å². The maximum Gasteiger partial charge on any atom is 0.407 e. The van der Waals surface area contributed by atoms with E-state index in [0.717, 1.165) is 0 Å². The zero-order chi connectivity index (χ0) is 15.2. The molecule has 4 nitrogen and oxygen atoms in total. The summed E-state index contributed by atoms with van der Waals surface area (Å²) in [6, 6.07) is 4.70. The largest absolute Gasteiger partial charge is 0.421 e. The normalized spacial score (nSPS) is 15.7. The van der Waals surface area contributed by atoms with Crippen LogP contribution in [0.25, 0.3) is 0 Å². The molecule has 0 fully saturated rings. The van der Waals surface area contributed by atoms with E-state index in [0.29, 0.717) is 18.1 Å². The van der Waals surface area contributed by atoms with Crippen molar-refractivity contribution in [2.45, 2.75) is 33.0 Å². The van der Waals surface area contributed by atoms with Crippen LogP contribution in [0.1, 0.15) is 27.2 Å². The molecule has 0 aromatic heterocycles. The van der Waals surface area contributed by atoms with Crippen molar-refractivity contribution < 1.29 is 18.3 Å². The van der Waals surface area contributed by atoms with Crippen LogP contribution >= 0.6 is 30.8 Å². The molecule has 2 unspecified atom stereocenters. The van der Waals surface area contributed by atoms with Crippen LogP contribution in [-0.4, -0.2) is 19.1 Å². The lowest BCUT2D eigenvalue weighted by Crippen LogP contribution is -2.18. The quantitative estimate of drug-likeness (QED) is 0.596. The molecule has 114 valence electrons. The molecule has 0 N–H and O–H groups in total. The van der Waals surface area contributed by atoms with Gasteiger partial charge in [-0.25, -0.2) is 4.57 Å². The Bertz CT molecular complexity index is 481. The van der Waals surface area contributed by atoms with Gasteiger partial charge in [-0.15, -0.1) is 0 Å². The summed E-state index contributed by atoms with van der Waals surface area (Å²) < 4.78 is 29.2. The van der Waals surface area contributed by atoms with Crippen molar-refractivity contribution in [1.29, 1.82) is 0 Å². The highest BCUT2D eigenvalue weighted by atomic mass is 35.5. The molecule has 0 spiro atoms. The molecule has 0 aliphatic rings. The van der Waals surface area contributed by atoms with Gasteiger partial charge in [0.15, 0.2) is 5.85 Å². The number of ether oxygens (including phenoxy) is 1. The van der Waals surface area contributed by atoms with Gasteiger partial charge in [0.25, 0.3) is 0 Å². The first-order chi connectivity index (χ1) is 9.46. The van der Waals surface area contributed by atoms with Crippen LogP contribution in [0.2, 0.25) is 10.0 Å². The molecular weight excluding hydrogens is 322 g/mol. The second kappa shape index (κ2) is 8.26. The molecular formula is C13H19Cl2O4P. The molecule has 1 aromatic carbocycles. The summed E-state index contributed by atoms with van der Waals surface area (Å²) in [5.41, 5.74) is 0. The zero-order valence-electron chi connectivity index (χ0n) is 11.8. The maximum atomic E-state index is 12.9. The zero-order valence-corrected chi connectivity index (χ0v) is 14.2. The van der Waals surface area contributed by atoms with E-state index in [1.165, 1.54) is 6.07 Å². The van der Waals surface area contributed by atoms with Gasteiger partial charge in [0.1, 0.15) is 5.75 Å². The molecule has 2 atom stereocenters. The van der Waals surface area contributed by atoms with E-state index in [9.17, 15) is 4.57 Å². The third-order valence-electron chi connectivity index (χ3n) is 2.49. The van der Waals surface area contributed by atoms with Gasteiger partial charge in [-0.1, -0.05) is 30.1 Å². The fraction of sp³-hybridized carbons (Fsp3) is 0.538. The second-order valence-electron chi connectivity index (χ2n) is 3.94. The van der Waals surface area contributed by atoms with E-state index in [-0.39, 0.29) is 17.4 Å². The minimum atomic E-state index is -3.46. The second-order valence-corrected chi connectivity index (χ2v) is 6.88. The fourth-order valence-electron chi connectivity index (χ4n) is 1.66. The average Bonchev–Trinajstić information content (AvgIpc) is 2.39. The van der Waals surface area contributed by atoms with Gasteiger partial charge in [0.2, 0.25) is 0 Å². The SMILES string of the molecule is CCOC(CC)P(=O)(OCC)Oc1ccc(Cl)cc1Cl. The lowest BCUT2D eigenvalue weighted by molar-refractivity contribution is 0.0875. The minimum absolute atomic E-state index is 0.256. The van der Waals surface area contributed by atoms with E-state index in [4.69, 9.17) is 37.0 Å². The lowest BCUT2D eigenvalue weighted by Gasteiger charge is -2.26. The Morgan fingerprint density at radius 3 is 2.40 bits per heavy atom. The third-order valence-corrected chi connectivity index (χ3v) is 5.31. The number of rotatable bonds is 8. The van der Waals surface area contributed by atoms with Crippen LogP contribution in [0.5, 0.6) is 5.75 Å². The Balaban J connectivity index is 3.03. The van der Waals surface area contributed by atoms with Crippen LogP contribution in [0.3, 0.4) is 0 Å². The molecule has 1 aromatic rings. The summed E-state index contributed by atoms with van der Waals surface area (Å²) >= 11 is 11.9. The summed E-state index contributed by atoms with van der Waals surface area (Å²) in [5, 5.41) is 0.759. The van der Waals surface area contributed by atoms with Gasteiger partial charge in [0, 0.05) is 11.6 Å². The Morgan fingerprint density at radius 2 is 1.90 bits per heavy atom. The first-order valence-corrected chi connectivity index (χ1v) is 8.84. The van der Waals surface area contributed by atoms with E-state index in [1.807, 2.05) is 13.8 Å². The molecule has 0 bridgehead atoms. The Morgan fingerprint density at radius 1 is 1.20 bits per heavy atom. The Labute approximate surface area is 129 Å². The van der Waals surface area contributed by atoms with E-state index >= 15 is 0 Å². The molecule has 0 amide bonds. The molecule has 0 saturated heterocycles. The monoisotopic (exact) mass is 340 g/mol. The van der Waals surface area contributed by atoms with Crippen LogP contribution in [0.15, 0.2) is 18.2 Å². The molecule has 1 rings (SSSR count). The van der Waals surface area contributed by atoms with Gasteiger partial charge >= 0.3 is 7.60 Å². The molecule has 20 heavy (non-hydrogen) atoms. The first-order valence-electron chi connectivity index (χ1n) is 6.47. The third kappa shape index (κ3) is 4.64. The molecule has 0 radical (unpaired) electrons. The predicted octanol–water partition coefficient (Wildman–Crippen LogP) is 5.37. The summed E-state index contributed by atoms with van der Waals surface area (Å²) in [4.78, 5) is 0. The van der Waals surface area contributed by atoms with E-state index in [2.05, 4.69) is 0 Å². The van der Waals surface area contributed by atoms with Crippen LogP contribution in [-0.2, 0) is 13.8 Å². The number of halogens is 2. The highest BCUT2D eigenvalue weighted by molar-refractivity contribution is 7.54. The van der Waals surface area contributed by atoms with Gasteiger partial charge in [-0.2, -0.15) is 0 Å². The fourth-order valence-corrected chi connectivity index (χ4v) is 4.07. The number of benzene rings is 1. The summed E-state index contributed by atoms with van der Waals surface area (Å²) in [7, 11) is -3.46. The van der Waals surface area contributed by atoms with Crippen molar-refractivity contribution >= 4 is 30.8 Å². The maximum absolute atomic E-state index is 12.9. The molecule has 7 heteroatoms. The summed E-state index contributed by atoms with van der Waals surface area (Å²) in [5.74, 6) is -0.356. The highest BCUT2D eigenvalue weighted by Gasteiger charge is 2.37. The van der Waals surface area contributed by atoms with Gasteiger partial charge in [-0.3, -0.25) is 4.52 Å². The minimum Gasteiger partial charge on any atom is -0.421 e. The van der Waals surface area contributed by atoms with Crippen molar-refractivity contribution in [2.75, 3.05) is 13.2 Å². The summed E-state index contributed by atoms with van der Waals surface area (Å²) in [6.07, 6.45) is 0.510. The van der Waals surface area contributed by atoms with Crippen molar-refractivity contribution in [3.63, 3.8) is 0 Å². The Kier molecular flexibility index (Phi) is 7.35. The highest BCUT2D eigenvalue weighted by Crippen LogP contribution is 2.55. The van der Waals surface area contributed by atoms with Crippen LogP contribution in [0.4, 0.5) is 0 Å². The summed E-state index contributed by atoms with van der Waals surface area (Å²) in [6.45, 7) is 6.12. The first kappa shape index (κ1) is 17.8. The van der Waals surface area contributed by atoms with Crippen LogP contribution < -0.4 is 4.52 Å². The van der Waals surface area contributed by atoms with Crippen molar-refractivity contribution in [2.24, 2.45) is 0 Å². The molecule has 0 aliphatic heterocycles. The molecule has 0 saturated carbocycles. The van der Waals surface area contributed by atoms with E-state index < -0.39 is 13.4 Å². The van der Waals surface area contributed by atoms with Crippen molar-refractivity contribution in [3.05, 3.63) is 28.2 Å². The standard InChI is InChI=1S/C13H19Cl2O4P/c1-4-13(17-5-2)20(16,18-6-3)19-12-8-7-10(14)9-11(12)15/h7-9,13H,4-6H2,1-3H3. The van der Waals surface area contributed by atoms with Gasteiger partial charge in [0.05, 0.1) is 11.6 Å². The number of hydrogen-bond donors (Lipinski definition) is 0. The van der Waals surface area contributed by atoms with Crippen molar-refractivity contribution in [3.8, 4) is 5.75 Å². The number of hydrogen-bond acceptors (Lipinski definition) is 4. The topological polar surface area (TPSA) is 44.8 Å². The molecule has 0 heterocycles. The predicted molar refractivity (Wildman–Crippen MR) is 82.0 cm³/mol. The van der Waals surface area contributed by atoms with Crippen LogP contribution in [0, 0.1) is 0 Å².